The lowest BCUT2D eigenvalue weighted by atomic mass is 10.2. The molecule has 3 aromatic rings. The maximum Gasteiger partial charge on any atom is 0.347 e. The molecule has 4 rings (SSSR count). The molecule has 0 unspecified atom stereocenters. The first-order valence-corrected chi connectivity index (χ1v) is 7.39. The van der Waals surface area contributed by atoms with Gasteiger partial charge in [-0.05, 0) is 24.3 Å². The highest BCUT2D eigenvalue weighted by atomic mass is 19.1. The van der Waals surface area contributed by atoms with E-state index < -0.39 is 0 Å². The van der Waals surface area contributed by atoms with E-state index in [0.29, 0.717) is 11.5 Å². The monoisotopic (exact) mass is 314 g/mol. The lowest BCUT2D eigenvalue weighted by Gasteiger charge is -2.36. The molecule has 7 nitrogen and oxygen atoms in total. The van der Waals surface area contributed by atoms with Crippen LogP contribution in [-0.4, -0.2) is 45.8 Å². The van der Waals surface area contributed by atoms with Gasteiger partial charge in [0.2, 0.25) is 5.65 Å². The Balaban J connectivity index is 1.55. The van der Waals surface area contributed by atoms with Gasteiger partial charge in [0.1, 0.15) is 5.82 Å². The second-order valence-electron chi connectivity index (χ2n) is 5.42. The Morgan fingerprint density at radius 3 is 2.48 bits per heavy atom. The second kappa shape index (κ2) is 5.38. The predicted octanol–water partition coefficient (Wildman–Crippen LogP) is 0.883. The van der Waals surface area contributed by atoms with Crippen LogP contribution in [0.1, 0.15) is 0 Å². The van der Waals surface area contributed by atoms with E-state index in [1.807, 2.05) is 0 Å². The van der Waals surface area contributed by atoms with E-state index >= 15 is 0 Å². The van der Waals surface area contributed by atoms with Gasteiger partial charge in [0, 0.05) is 44.3 Å². The average molecular weight is 314 g/mol. The number of nitrogens with one attached hydrogen (secondary N) is 1. The molecule has 1 aliphatic heterocycles. The Bertz CT molecular complexity index is 879. The van der Waals surface area contributed by atoms with Crippen molar-refractivity contribution in [3.63, 3.8) is 0 Å². The van der Waals surface area contributed by atoms with Gasteiger partial charge in [0.25, 0.3) is 0 Å². The number of hydrogen-bond acceptors (Lipinski definition) is 5. The van der Waals surface area contributed by atoms with Gasteiger partial charge in [0.05, 0.1) is 0 Å². The van der Waals surface area contributed by atoms with Gasteiger partial charge in [0.15, 0.2) is 5.82 Å². The molecule has 0 atom stereocenters. The first-order valence-electron chi connectivity index (χ1n) is 7.39. The third-order valence-electron chi connectivity index (χ3n) is 4.09. The highest BCUT2D eigenvalue weighted by Gasteiger charge is 2.21. The van der Waals surface area contributed by atoms with Crippen LogP contribution in [0, 0.1) is 5.82 Å². The van der Waals surface area contributed by atoms with Crippen molar-refractivity contribution < 1.29 is 4.39 Å². The first-order chi connectivity index (χ1) is 11.2. The molecule has 1 fully saturated rings. The van der Waals surface area contributed by atoms with Crippen LogP contribution in [0.3, 0.4) is 0 Å². The molecule has 0 amide bonds. The molecule has 8 heteroatoms. The van der Waals surface area contributed by atoms with Gasteiger partial charge in [-0.2, -0.15) is 0 Å². The predicted molar refractivity (Wildman–Crippen MR) is 84.4 cm³/mol. The summed E-state index contributed by atoms with van der Waals surface area (Å²) in [5, 5.41) is 6.49. The zero-order chi connectivity index (χ0) is 15.8. The summed E-state index contributed by atoms with van der Waals surface area (Å²) in [6.45, 7) is 3.10. The van der Waals surface area contributed by atoms with E-state index in [9.17, 15) is 9.18 Å². The van der Waals surface area contributed by atoms with Gasteiger partial charge in [-0.15, -0.1) is 5.10 Å². The summed E-state index contributed by atoms with van der Waals surface area (Å²) >= 11 is 0. The van der Waals surface area contributed by atoms with Gasteiger partial charge in [-0.25, -0.2) is 23.7 Å². The summed E-state index contributed by atoms with van der Waals surface area (Å²) in [4.78, 5) is 20.3. The molecular weight excluding hydrogens is 299 g/mol. The van der Waals surface area contributed by atoms with Crippen LogP contribution in [-0.2, 0) is 0 Å². The Morgan fingerprint density at radius 2 is 1.74 bits per heavy atom. The third-order valence-corrected chi connectivity index (χ3v) is 4.09. The zero-order valence-electron chi connectivity index (χ0n) is 12.3. The molecule has 0 saturated carbocycles. The number of hydrogen-bond donors (Lipinski definition) is 1. The molecule has 2 aromatic heterocycles. The second-order valence-corrected chi connectivity index (χ2v) is 5.42. The Morgan fingerprint density at radius 1 is 1.04 bits per heavy atom. The van der Waals surface area contributed by atoms with E-state index in [1.54, 1.807) is 24.5 Å². The molecule has 1 aliphatic rings. The van der Waals surface area contributed by atoms with Crippen molar-refractivity contribution in [1.82, 2.24) is 19.6 Å². The number of benzene rings is 1. The van der Waals surface area contributed by atoms with Crippen molar-refractivity contribution in [3.8, 4) is 0 Å². The summed E-state index contributed by atoms with van der Waals surface area (Å²) < 4.78 is 14.5. The average Bonchev–Trinajstić information content (AvgIpc) is 2.97. The van der Waals surface area contributed by atoms with Crippen molar-refractivity contribution in [2.45, 2.75) is 0 Å². The number of aromatic amines is 1. The summed E-state index contributed by atoms with van der Waals surface area (Å²) in [5.74, 6) is 0.469. The topological polar surface area (TPSA) is 69.5 Å². The van der Waals surface area contributed by atoms with Crippen LogP contribution in [0.2, 0.25) is 0 Å². The molecule has 1 aromatic carbocycles. The number of nitrogens with zero attached hydrogens (tertiary/aromatic N) is 5. The van der Waals surface area contributed by atoms with Gasteiger partial charge >= 0.3 is 5.69 Å². The largest absolute Gasteiger partial charge is 0.368 e. The van der Waals surface area contributed by atoms with Crippen LogP contribution >= 0.6 is 0 Å². The van der Waals surface area contributed by atoms with Crippen molar-refractivity contribution in [2.75, 3.05) is 36.0 Å². The first kappa shape index (κ1) is 13.7. The lowest BCUT2D eigenvalue weighted by molar-refractivity contribution is 0.624. The van der Waals surface area contributed by atoms with E-state index in [2.05, 4.69) is 25.0 Å². The van der Waals surface area contributed by atoms with Crippen molar-refractivity contribution in [3.05, 3.63) is 53.0 Å². The highest BCUT2D eigenvalue weighted by Crippen LogP contribution is 2.21. The van der Waals surface area contributed by atoms with E-state index in [4.69, 9.17) is 0 Å². The van der Waals surface area contributed by atoms with E-state index in [-0.39, 0.29) is 11.5 Å². The number of H-pyrrole nitrogens is 1. The number of aromatic nitrogens is 4. The van der Waals surface area contributed by atoms with Gasteiger partial charge in [-0.3, -0.25) is 0 Å². The standard InChI is InChI=1S/C15H15FN6O/c16-11-1-3-12(4-2-11)20-7-9-21(10-8-20)13-14-18-19-15(23)22(14)6-5-17-13/h1-6H,7-10H2,(H,19,23). The molecule has 0 spiro atoms. The molecule has 0 radical (unpaired) electrons. The van der Waals surface area contributed by atoms with Crippen LogP contribution in [0.15, 0.2) is 41.5 Å². The minimum atomic E-state index is -0.270. The molecule has 1 saturated heterocycles. The Kier molecular flexibility index (Phi) is 3.22. The van der Waals surface area contributed by atoms with Gasteiger partial charge in [-0.1, -0.05) is 0 Å². The minimum absolute atomic E-state index is 0.229. The number of anilines is 2. The minimum Gasteiger partial charge on any atom is -0.368 e. The number of rotatable bonds is 2. The lowest BCUT2D eigenvalue weighted by Crippen LogP contribution is -2.47. The molecule has 0 bridgehead atoms. The molecular formula is C15H15FN6O. The summed E-state index contributed by atoms with van der Waals surface area (Å²) in [5.41, 5.74) is 1.27. The van der Waals surface area contributed by atoms with Crippen LogP contribution in [0.25, 0.3) is 5.65 Å². The zero-order valence-corrected chi connectivity index (χ0v) is 12.3. The number of fused-ring (bicyclic) bond motifs is 1. The summed E-state index contributed by atoms with van der Waals surface area (Å²) in [6.07, 6.45) is 3.20. The van der Waals surface area contributed by atoms with E-state index in [0.717, 1.165) is 31.9 Å². The molecule has 1 N–H and O–H groups in total. The SMILES string of the molecule is O=c1[nH]nc2c(N3CCN(c4ccc(F)cc4)CC3)nccn12. The highest BCUT2D eigenvalue weighted by molar-refractivity contribution is 5.64. The van der Waals surface area contributed by atoms with Crippen molar-refractivity contribution in [1.29, 1.82) is 0 Å². The van der Waals surface area contributed by atoms with E-state index in [1.165, 1.54) is 16.5 Å². The number of piperazine rings is 1. The molecule has 118 valence electrons. The fourth-order valence-corrected chi connectivity index (χ4v) is 2.88. The van der Waals surface area contributed by atoms with Crippen molar-refractivity contribution in [2.24, 2.45) is 0 Å². The van der Waals surface area contributed by atoms with Crippen LogP contribution < -0.4 is 15.5 Å². The molecule has 23 heavy (non-hydrogen) atoms. The molecule has 3 heterocycles. The van der Waals surface area contributed by atoms with Crippen LogP contribution in [0.4, 0.5) is 15.9 Å². The van der Waals surface area contributed by atoms with Gasteiger partial charge < -0.3 is 9.80 Å². The van der Waals surface area contributed by atoms with Crippen molar-refractivity contribution >= 4 is 17.2 Å². The summed E-state index contributed by atoms with van der Waals surface area (Å²) in [7, 11) is 0. The molecule has 0 aliphatic carbocycles. The quantitative estimate of drug-likeness (QED) is 0.760. The fraction of sp³-hybridized carbons (Fsp3) is 0.267. The maximum absolute atomic E-state index is 13.0. The fourth-order valence-electron chi connectivity index (χ4n) is 2.88. The Hall–Kier alpha value is -2.90. The summed E-state index contributed by atoms with van der Waals surface area (Å²) in [6, 6.07) is 6.52. The maximum atomic E-state index is 13.0. The normalized spacial score (nSPS) is 15.3. The number of halogens is 1. The van der Waals surface area contributed by atoms with Crippen LogP contribution in [0.5, 0.6) is 0 Å². The smallest absolute Gasteiger partial charge is 0.347 e. The Labute approximate surface area is 131 Å². The third kappa shape index (κ3) is 2.41.